The summed E-state index contributed by atoms with van der Waals surface area (Å²) >= 11 is 0. The molecule has 0 unspecified atom stereocenters. The summed E-state index contributed by atoms with van der Waals surface area (Å²) in [6, 6.07) is 27.1. The first kappa shape index (κ1) is 37.0. The van der Waals surface area contributed by atoms with Crippen LogP contribution in [-0.2, 0) is 25.8 Å². The third-order valence-electron chi connectivity index (χ3n) is 6.54. The zero-order valence-electron chi connectivity index (χ0n) is 23.5. The molecule has 0 aliphatic rings. The first-order chi connectivity index (χ1) is 16.4. The molecule has 0 aliphatic carbocycles. The molecular formula is C32H44Cl2HfP2. The summed E-state index contributed by atoms with van der Waals surface area (Å²) in [5.41, 5.74) is 1.54. The summed E-state index contributed by atoms with van der Waals surface area (Å²) in [6.07, 6.45) is 8.26. The van der Waals surface area contributed by atoms with Gasteiger partial charge in [-0.15, -0.1) is 80.7 Å². The number of benzene rings is 2. The molecule has 0 heterocycles. The van der Waals surface area contributed by atoms with E-state index in [1.807, 2.05) is 0 Å². The van der Waals surface area contributed by atoms with E-state index in [-0.39, 0.29) is 66.5 Å². The molecule has 0 aromatic heterocycles. The summed E-state index contributed by atoms with van der Waals surface area (Å²) in [4.78, 5) is 0. The van der Waals surface area contributed by atoms with E-state index in [0.717, 1.165) is 11.3 Å². The van der Waals surface area contributed by atoms with Crippen molar-refractivity contribution in [3.63, 3.8) is 0 Å². The Kier molecular flexibility index (Phi) is 19.1. The molecule has 0 atom stereocenters. The van der Waals surface area contributed by atoms with Crippen LogP contribution in [0.15, 0.2) is 72.8 Å². The van der Waals surface area contributed by atoms with Crippen LogP contribution in [0.5, 0.6) is 0 Å². The number of hydrogen-bond acceptors (Lipinski definition) is 0. The summed E-state index contributed by atoms with van der Waals surface area (Å²) in [7, 11) is 0.0651. The fourth-order valence-corrected chi connectivity index (χ4v) is 10.6. The maximum Gasteiger partial charge on any atom is 4.00 e. The maximum atomic E-state index is 2.44. The van der Waals surface area contributed by atoms with Crippen LogP contribution < -0.4 is 35.4 Å². The van der Waals surface area contributed by atoms with Crippen molar-refractivity contribution in [3.8, 4) is 0 Å². The van der Waals surface area contributed by atoms with Gasteiger partial charge in [-0.2, -0.15) is 12.1 Å². The largest absolute Gasteiger partial charge is 4.00 e. The molecule has 4 aromatic rings. The number of halogens is 2. The second kappa shape index (κ2) is 19.1. The molecule has 0 aliphatic heterocycles. The zero-order valence-corrected chi connectivity index (χ0v) is 30.4. The second-order valence-corrected chi connectivity index (χ2v) is 15.9. The first-order valence-corrected chi connectivity index (χ1v) is 16.5. The topological polar surface area (TPSA) is 0 Å². The standard InChI is InChI=1S/C17H24P.C15H20P.2ClH.Hf/c1-3-5-11-18(12-6-4-2)17-13-15-9-7-8-10-16(15)14-17;1-11(2)16(12(3)4)15-9-13-7-5-6-8-14(13)10-15;;;/h7-10,13-14H,3-6,11-12H2,1-2H3;5-12H,1-4H3;2*1H;/q2*-1;;;+4/p-2. The molecule has 4 rings (SSSR count). The fraction of sp³-hybridized carbons (Fsp3) is 0.438. The van der Waals surface area contributed by atoms with Gasteiger partial charge in [-0.1, -0.05) is 82.4 Å². The number of fused-ring (bicyclic) bond motifs is 2. The van der Waals surface area contributed by atoms with Gasteiger partial charge in [0.1, 0.15) is 0 Å². The second-order valence-electron chi connectivity index (χ2n) is 9.97. The monoisotopic (exact) mass is 740 g/mol. The van der Waals surface area contributed by atoms with Crippen LogP contribution in [0, 0.1) is 0 Å². The summed E-state index contributed by atoms with van der Waals surface area (Å²) < 4.78 is 0. The van der Waals surface area contributed by atoms with Crippen LogP contribution >= 0.6 is 15.8 Å². The van der Waals surface area contributed by atoms with Crippen molar-refractivity contribution >= 4 is 48.0 Å². The third-order valence-corrected chi connectivity index (χ3v) is 12.3. The van der Waals surface area contributed by atoms with E-state index in [1.165, 1.54) is 59.6 Å². The van der Waals surface area contributed by atoms with Crippen LogP contribution in [0.4, 0.5) is 0 Å². The van der Waals surface area contributed by atoms with Gasteiger partial charge >= 0.3 is 25.8 Å². The maximum absolute atomic E-state index is 2.44. The quantitative estimate of drug-likeness (QED) is 0.132. The molecule has 4 aromatic carbocycles. The van der Waals surface area contributed by atoms with E-state index < -0.39 is 0 Å². The zero-order chi connectivity index (χ0) is 24.5. The van der Waals surface area contributed by atoms with Gasteiger partial charge in [-0.05, 0) is 36.5 Å². The van der Waals surface area contributed by atoms with Gasteiger partial charge in [0.2, 0.25) is 0 Å². The Balaban J connectivity index is 0.000000651. The fourth-order valence-electron chi connectivity index (χ4n) is 4.86. The first-order valence-electron chi connectivity index (χ1n) is 13.3. The van der Waals surface area contributed by atoms with E-state index in [4.69, 9.17) is 0 Å². The molecule has 0 nitrogen and oxygen atoms in total. The van der Waals surface area contributed by atoms with Crippen molar-refractivity contribution in [2.45, 2.75) is 78.5 Å². The van der Waals surface area contributed by atoms with E-state index in [1.54, 1.807) is 10.6 Å². The molecule has 37 heavy (non-hydrogen) atoms. The van der Waals surface area contributed by atoms with Crippen molar-refractivity contribution < 1.29 is 50.7 Å². The summed E-state index contributed by atoms with van der Waals surface area (Å²) in [6.45, 7) is 14.0. The van der Waals surface area contributed by atoms with Gasteiger partial charge in [0.15, 0.2) is 0 Å². The van der Waals surface area contributed by atoms with Gasteiger partial charge in [-0.3, -0.25) is 0 Å². The normalized spacial score (nSPS) is 10.9. The van der Waals surface area contributed by atoms with E-state index in [2.05, 4.69) is 114 Å². The SMILES string of the molecule is CC(C)P(c1cc2ccccc2[cH-]1)C(C)C.CCCCP(CCCC)c1cc2ccccc2[cH-]1.[Cl-].[Cl-].[Hf+4]. The van der Waals surface area contributed by atoms with E-state index in [9.17, 15) is 0 Å². The molecule has 0 N–H and O–H groups in total. The molecule has 5 heteroatoms. The summed E-state index contributed by atoms with van der Waals surface area (Å²) in [5.74, 6) is 0. The average Bonchev–Trinajstić information content (AvgIpc) is 3.43. The van der Waals surface area contributed by atoms with Crippen LogP contribution in [0.1, 0.15) is 67.2 Å². The summed E-state index contributed by atoms with van der Waals surface area (Å²) in [5, 5.41) is 8.84. The Morgan fingerprint density at radius 3 is 1.46 bits per heavy atom. The van der Waals surface area contributed by atoms with E-state index >= 15 is 0 Å². The molecule has 0 saturated carbocycles. The molecular weight excluding hydrogens is 696 g/mol. The number of hydrogen-bond donors (Lipinski definition) is 0. The molecule has 0 amide bonds. The van der Waals surface area contributed by atoms with Gasteiger partial charge in [0, 0.05) is 0 Å². The van der Waals surface area contributed by atoms with Crippen LogP contribution in [0.3, 0.4) is 0 Å². The van der Waals surface area contributed by atoms with Gasteiger partial charge < -0.3 is 24.8 Å². The van der Waals surface area contributed by atoms with Gasteiger partial charge in [0.05, 0.1) is 0 Å². The van der Waals surface area contributed by atoms with Gasteiger partial charge in [0.25, 0.3) is 0 Å². The minimum absolute atomic E-state index is 0. The van der Waals surface area contributed by atoms with Crippen LogP contribution in [0.2, 0.25) is 0 Å². The van der Waals surface area contributed by atoms with Crippen LogP contribution in [0.25, 0.3) is 21.5 Å². The predicted molar refractivity (Wildman–Crippen MR) is 162 cm³/mol. The minimum atomic E-state index is -0.0206. The van der Waals surface area contributed by atoms with E-state index in [0.29, 0.717) is 0 Å². The molecule has 0 spiro atoms. The third kappa shape index (κ3) is 10.8. The van der Waals surface area contributed by atoms with Crippen molar-refractivity contribution in [2.75, 3.05) is 12.3 Å². The molecule has 0 fully saturated rings. The Morgan fingerprint density at radius 1 is 0.649 bits per heavy atom. The smallest absolute Gasteiger partial charge is 1.00 e. The molecule has 0 bridgehead atoms. The van der Waals surface area contributed by atoms with Crippen LogP contribution in [-0.4, -0.2) is 23.6 Å². The minimum Gasteiger partial charge on any atom is -1.00 e. The number of rotatable bonds is 10. The van der Waals surface area contributed by atoms with Crippen molar-refractivity contribution in [1.29, 1.82) is 0 Å². The average molecular weight is 740 g/mol. The molecule has 0 radical (unpaired) electrons. The Labute approximate surface area is 260 Å². The Morgan fingerprint density at radius 2 is 1.05 bits per heavy atom. The Hall–Kier alpha value is -0.0299. The predicted octanol–water partition coefficient (Wildman–Crippen LogP) is 3.75. The molecule has 0 saturated heterocycles. The van der Waals surface area contributed by atoms with Crippen molar-refractivity contribution in [1.82, 2.24) is 0 Å². The molecule has 200 valence electrons. The van der Waals surface area contributed by atoms with Gasteiger partial charge in [-0.25, -0.2) is 0 Å². The number of unbranched alkanes of at least 4 members (excludes halogenated alkanes) is 2. The van der Waals surface area contributed by atoms with Crippen molar-refractivity contribution in [3.05, 3.63) is 72.8 Å². The van der Waals surface area contributed by atoms with Crippen molar-refractivity contribution in [2.24, 2.45) is 0 Å². The Bertz CT molecular complexity index is 1050.